The number of rotatable bonds is 4. The normalized spacial score (nSPS) is 24.2. The van der Waals surface area contributed by atoms with E-state index in [4.69, 9.17) is 11.6 Å². The van der Waals surface area contributed by atoms with Crippen molar-refractivity contribution in [2.24, 2.45) is 0 Å². The van der Waals surface area contributed by atoms with E-state index in [1.54, 1.807) is 4.31 Å². The Kier molecular flexibility index (Phi) is 5.22. The fourth-order valence-electron chi connectivity index (χ4n) is 3.24. The van der Waals surface area contributed by atoms with E-state index < -0.39 is 15.8 Å². The second-order valence-electron chi connectivity index (χ2n) is 6.09. The van der Waals surface area contributed by atoms with Crippen molar-refractivity contribution >= 4 is 21.6 Å². The Balaban J connectivity index is 1.64. The van der Waals surface area contributed by atoms with Crippen LogP contribution in [-0.2, 0) is 15.8 Å². The number of halogens is 2. The Hall–Kier alpha value is -0.730. The molecule has 2 aliphatic rings. The summed E-state index contributed by atoms with van der Waals surface area (Å²) in [5, 5.41) is 3.26. The van der Waals surface area contributed by atoms with E-state index in [-0.39, 0.29) is 10.8 Å². The van der Waals surface area contributed by atoms with E-state index in [2.05, 4.69) is 10.2 Å². The van der Waals surface area contributed by atoms with Crippen LogP contribution in [0.4, 0.5) is 4.39 Å². The summed E-state index contributed by atoms with van der Waals surface area (Å²) in [6, 6.07) is 4.37. The lowest BCUT2D eigenvalue weighted by molar-refractivity contribution is 0.179. The highest BCUT2D eigenvalue weighted by Gasteiger charge is 2.34. The summed E-state index contributed by atoms with van der Waals surface area (Å²) in [6.45, 7) is 4.93. The van der Waals surface area contributed by atoms with Gasteiger partial charge in [0.1, 0.15) is 5.82 Å². The van der Waals surface area contributed by atoms with Crippen LogP contribution < -0.4 is 5.32 Å². The number of sulfonamides is 1. The molecule has 5 nitrogen and oxygen atoms in total. The van der Waals surface area contributed by atoms with Gasteiger partial charge in [0.05, 0.1) is 10.8 Å². The van der Waals surface area contributed by atoms with Gasteiger partial charge in [-0.2, -0.15) is 0 Å². The van der Waals surface area contributed by atoms with Crippen molar-refractivity contribution in [3.05, 3.63) is 34.6 Å². The van der Waals surface area contributed by atoms with Crippen molar-refractivity contribution in [3.8, 4) is 0 Å². The minimum Gasteiger partial charge on any atom is -0.314 e. The van der Waals surface area contributed by atoms with Gasteiger partial charge in [-0.3, -0.25) is 4.90 Å². The molecule has 1 aromatic carbocycles. The first-order chi connectivity index (χ1) is 11.0. The van der Waals surface area contributed by atoms with Crippen LogP contribution in [0, 0.1) is 5.82 Å². The molecule has 0 spiro atoms. The molecule has 2 aliphatic heterocycles. The van der Waals surface area contributed by atoms with Gasteiger partial charge < -0.3 is 5.32 Å². The van der Waals surface area contributed by atoms with Crippen molar-refractivity contribution in [3.63, 3.8) is 0 Å². The van der Waals surface area contributed by atoms with Crippen LogP contribution >= 0.6 is 11.6 Å². The van der Waals surface area contributed by atoms with Crippen LogP contribution in [-0.4, -0.2) is 62.9 Å². The molecule has 2 heterocycles. The van der Waals surface area contributed by atoms with E-state index >= 15 is 0 Å². The summed E-state index contributed by atoms with van der Waals surface area (Å²) in [4.78, 5) is 2.36. The molecule has 0 bridgehead atoms. The summed E-state index contributed by atoms with van der Waals surface area (Å²) in [6.07, 6.45) is 0.864. The molecule has 3 rings (SSSR count). The molecule has 1 unspecified atom stereocenters. The van der Waals surface area contributed by atoms with Crippen LogP contribution in [0.15, 0.2) is 18.2 Å². The summed E-state index contributed by atoms with van der Waals surface area (Å²) >= 11 is 5.73. The lowest BCUT2D eigenvalue weighted by Crippen LogP contribution is -2.49. The van der Waals surface area contributed by atoms with Crippen molar-refractivity contribution in [2.75, 3.05) is 39.3 Å². The van der Waals surface area contributed by atoms with E-state index in [1.165, 1.54) is 18.2 Å². The van der Waals surface area contributed by atoms with Crippen molar-refractivity contribution in [1.82, 2.24) is 14.5 Å². The molecule has 128 valence electrons. The van der Waals surface area contributed by atoms with Gasteiger partial charge in [-0.25, -0.2) is 17.1 Å². The van der Waals surface area contributed by atoms with Gasteiger partial charge in [-0.05, 0) is 24.1 Å². The molecule has 1 aromatic rings. The van der Waals surface area contributed by atoms with Gasteiger partial charge in [0.25, 0.3) is 0 Å². The number of hydrogen-bond donors (Lipinski definition) is 1. The zero-order valence-electron chi connectivity index (χ0n) is 12.8. The number of benzene rings is 1. The van der Waals surface area contributed by atoms with Gasteiger partial charge >= 0.3 is 0 Å². The standard InChI is InChI=1S/C15H21ClFN3O2S/c16-14-9-12(1-2-15(14)17)11-23(21,22)20-6-3-13(10-20)19-7-4-18-5-8-19/h1-2,9,13,18H,3-8,10-11H2. The molecule has 23 heavy (non-hydrogen) atoms. The maximum Gasteiger partial charge on any atom is 0.218 e. The number of nitrogens with one attached hydrogen (secondary N) is 1. The van der Waals surface area contributed by atoms with Crippen LogP contribution in [0.1, 0.15) is 12.0 Å². The molecule has 1 N–H and O–H groups in total. The van der Waals surface area contributed by atoms with Crippen LogP contribution in [0.5, 0.6) is 0 Å². The van der Waals surface area contributed by atoms with Gasteiger partial charge in [0, 0.05) is 45.3 Å². The molecule has 1 atom stereocenters. The highest BCUT2D eigenvalue weighted by Crippen LogP contribution is 2.23. The smallest absolute Gasteiger partial charge is 0.218 e. The van der Waals surface area contributed by atoms with Crippen molar-refractivity contribution in [1.29, 1.82) is 0 Å². The monoisotopic (exact) mass is 361 g/mol. The molecule has 0 saturated carbocycles. The Morgan fingerprint density at radius 1 is 1.26 bits per heavy atom. The van der Waals surface area contributed by atoms with Gasteiger partial charge in [0.15, 0.2) is 0 Å². The first-order valence-electron chi connectivity index (χ1n) is 7.82. The largest absolute Gasteiger partial charge is 0.314 e. The topological polar surface area (TPSA) is 52.7 Å². The first-order valence-corrected chi connectivity index (χ1v) is 9.81. The summed E-state index contributed by atoms with van der Waals surface area (Å²) in [5.41, 5.74) is 0.516. The third kappa shape index (κ3) is 4.03. The summed E-state index contributed by atoms with van der Waals surface area (Å²) in [7, 11) is -3.40. The van der Waals surface area contributed by atoms with Crippen LogP contribution in [0.2, 0.25) is 5.02 Å². The van der Waals surface area contributed by atoms with Crippen molar-refractivity contribution < 1.29 is 12.8 Å². The number of nitrogens with zero attached hydrogens (tertiary/aromatic N) is 2. The van der Waals surface area contributed by atoms with E-state index in [9.17, 15) is 12.8 Å². The average Bonchev–Trinajstić information content (AvgIpc) is 3.02. The van der Waals surface area contributed by atoms with Gasteiger partial charge in [0.2, 0.25) is 10.0 Å². The molecule has 0 aliphatic carbocycles. The Morgan fingerprint density at radius 3 is 2.70 bits per heavy atom. The predicted molar refractivity (Wildman–Crippen MR) is 88.5 cm³/mol. The second-order valence-corrected chi connectivity index (χ2v) is 8.47. The molecular formula is C15H21ClFN3O2S. The Labute approximate surface area is 141 Å². The number of hydrogen-bond acceptors (Lipinski definition) is 4. The summed E-state index contributed by atoms with van der Waals surface area (Å²) in [5.74, 6) is -0.672. The minimum atomic E-state index is -3.40. The Morgan fingerprint density at radius 2 is 2.00 bits per heavy atom. The van der Waals surface area contributed by atoms with Crippen molar-refractivity contribution in [2.45, 2.75) is 18.2 Å². The fourth-order valence-corrected chi connectivity index (χ4v) is 5.01. The van der Waals surface area contributed by atoms with Crippen LogP contribution in [0.3, 0.4) is 0 Å². The third-order valence-electron chi connectivity index (χ3n) is 4.52. The second kappa shape index (κ2) is 7.03. The highest BCUT2D eigenvalue weighted by atomic mass is 35.5. The lowest BCUT2D eigenvalue weighted by atomic mass is 10.2. The SMILES string of the molecule is O=S(=O)(Cc1ccc(F)c(Cl)c1)N1CCC(N2CCNCC2)C1. The van der Waals surface area contributed by atoms with E-state index in [1.807, 2.05) is 0 Å². The van der Waals surface area contributed by atoms with E-state index in [0.29, 0.717) is 24.7 Å². The predicted octanol–water partition coefficient (Wildman–Crippen LogP) is 1.29. The maximum atomic E-state index is 13.2. The Bertz CT molecular complexity index is 665. The highest BCUT2D eigenvalue weighted by molar-refractivity contribution is 7.88. The molecule has 2 fully saturated rings. The molecule has 0 amide bonds. The van der Waals surface area contributed by atoms with Gasteiger partial charge in [-0.15, -0.1) is 0 Å². The quantitative estimate of drug-likeness (QED) is 0.878. The summed E-state index contributed by atoms with van der Waals surface area (Å²) < 4.78 is 39.9. The van der Waals surface area contributed by atoms with Gasteiger partial charge in [-0.1, -0.05) is 17.7 Å². The average molecular weight is 362 g/mol. The maximum absolute atomic E-state index is 13.2. The zero-order chi connectivity index (χ0) is 16.4. The van der Waals surface area contributed by atoms with E-state index in [0.717, 1.165) is 32.6 Å². The molecule has 0 radical (unpaired) electrons. The number of piperazine rings is 1. The van der Waals surface area contributed by atoms with Crippen LogP contribution in [0.25, 0.3) is 0 Å². The third-order valence-corrected chi connectivity index (χ3v) is 6.63. The lowest BCUT2D eigenvalue weighted by Gasteiger charge is -2.32. The zero-order valence-corrected chi connectivity index (χ0v) is 14.4. The molecule has 0 aromatic heterocycles. The minimum absolute atomic E-state index is 0.0437. The molecular weight excluding hydrogens is 341 g/mol. The first kappa shape index (κ1) is 17.1. The molecule has 8 heteroatoms. The fraction of sp³-hybridized carbons (Fsp3) is 0.600. The molecule has 2 saturated heterocycles.